The van der Waals surface area contributed by atoms with E-state index < -0.39 is 0 Å². The summed E-state index contributed by atoms with van der Waals surface area (Å²) in [6, 6.07) is 18.7. The number of likely N-dealkylation sites (N-methyl/N-ethyl adjacent to an activating group) is 1. The van der Waals surface area contributed by atoms with E-state index in [-0.39, 0.29) is 18.2 Å². The summed E-state index contributed by atoms with van der Waals surface area (Å²) < 4.78 is 0. The molecule has 0 bridgehead atoms. The van der Waals surface area contributed by atoms with Gasteiger partial charge in [-0.2, -0.15) is 0 Å². The molecule has 1 aliphatic heterocycles. The monoisotopic (exact) mass is 464 g/mol. The van der Waals surface area contributed by atoms with Gasteiger partial charge in [-0.15, -0.1) is 0 Å². The molecule has 0 aliphatic carbocycles. The number of anilines is 3. The van der Waals surface area contributed by atoms with Gasteiger partial charge in [0.2, 0.25) is 11.9 Å². The minimum absolute atomic E-state index is 0.0458. The molecule has 0 saturated heterocycles. The summed E-state index contributed by atoms with van der Waals surface area (Å²) >= 11 is 0. The molecule has 8 nitrogen and oxygen atoms in total. The predicted octanol–water partition coefficient (Wildman–Crippen LogP) is 4.09. The molecule has 0 spiro atoms. The molecule has 35 heavy (non-hydrogen) atoms. The maximum atomic E-state index is 12.8. The Morgan fingerprint density at radius 3 is 2.69 bits per heavy atom. The van der Waals surface area contributed by atoms with Crippen molar-refractivity contribution in [3.05, 3.63) is 95.9 Å². The van der Waals surface area contributed by atoms with Crippen LogP contribution in [0.4, 0.5) is 17.3 Å². The number of para-hydroxylation sites is 1. The molecule has 5 rings (SSSR count). The highest BCUT2D eigenvalue weighted by Crippen LogP contribution is 2.32. The Kier molecular flexibility index (Phi) is 6.17. The third-order valence-corrected chi connectivity index (χ3v) is 5.87. The number of hydrogen-bond acceptors (Lipinski definition) is 6. The van der Waals surface area contributed by atoms with Crippen molar-refractivity contribution in [2.75, 3.05) is 24.2 Å². The van der Waals surface area contributed by atoms with Crippen molar-refractivity contribution in [3.63, 3.8) is 0 Å². The van der Waals surface area contributed by atoms with Crippen LogP contribution in [-0.4, -0.2) is 45.3 Å². The zero-order valence-electron chi connectivity index (χ0n) is 19.2. The van der Waals surface area contributed by atoms with E-state index in [0.29, 0.717) is 18.1 Å². The van der Waals surface area contributed by atoms with Gasteiger partial charge in [0.1, 0.15) is 0 Å². The van der Waals surface area contributed by atoms with Gasteiger partial charge in [0.05, 0.1) is 17.8 Å². The number of aromatic nitrogens is 3. The molecule has 2 amide bonds. The lowest BCUT2D eigenvalue weighted by molar-refractivity contribution is -0.115. The van der Waals surface area contributed by atoms with Gasteiger partial charge in [0, 0.05) is 54.6 Å². The van der Waals surface area contributed by atoms with Crippen LogP contribution in [-0.2, 0) is 17.6 Å². The Morgan fingerprint density at radius 1 is 1.06 bits per heavy atom. The van der Waals surface area contributed by atoms with Crippen molar-refractivity contribution in [2.45, 2.75) is 12.8 Å². The smallest absolute Gasteiger partial charge is 0.253 e. The van der Waals surface area contributed by atoms with Gasteiger partial charge in [-0.3, -0.25) is 14.6 Å². The van der Waals surface area contributed by atoms with Crippen LogP contribution in [0.15, 0.2) is 79.3 Å². The molecular weight excluding hydrogens is 440 g/mol. The average Bonchev–Trinajstić information content (AvgIpc) is 3.03. The number of benzene rings is 2. The first-order chi connectivity index (χ1) is 17.1. The molecule has 2 aromatic heterocycles. The zero-order chi connectivity index (χ0) is 24.2. The summed E-state index contributed by atoms with van der Waals surface area (Å²) in [6.07, 6.45) is 6.20. The van der Waals surface area contributed by atoms with E-state index in [1.807, 2.05) is 54.7 Å². The van der Waals surface area contributed by atoms with Gasteiger partial charge in [-0.05, 0) is 48.4 Å². The number of carbonyl (C=O) groups excluding carboxylic acids is 2. The van der Waals surface area contributed by atoms with Gasteiger partial charge in [-0.1, -0.05) is 24.3 Å². The number of amides is 2. The Labute approximate surface area is 203 Å². The number of carbonyl (C=O) groups is 2. The minimum Gasteiger partial charge on any atom is -0.341 e. The molecular formula is C27H24N6O2. The van der Waals surface area contributed by atoms with E-state index in [9.17, 15) is 9.59 Å². The van der Waals surface area contributed by atoms with Crippen molar-refractivity contribution < 1.29 is 9.59 Å². The van der Waals surface area contributed by atoms with Crippen molar-refractivity contribution >= 4 is 29.1 Å². The standard InChI is InChI=1S/C27H24N6O2/c1-33(14-12-18-5-4-13-28-16-18)26(35)19-8-10-21(11-9-19)30-27-29-17-20-15-24(34)31-23-7-3-2-6-22(23)25(20)32-27/h2-11,13,16-17H,12,14-15H2,1H3,(H,31,34)(H,29,30,32). The second-order valence-electron chi connectivity index (χ2n) is 8.38. The molecule has 0 atom stereocenters. The van der Waals surface area contributed by atoms with E-state index >= 15 is 0 Å². The molecule has 8 heteroatoms. The highest BCUT2D eigenvalue weighted by atomic mass is 16.2. The summed E-state index contributed by atoms with van der Waals surface area (Å²) in [7, 11) is 1.80. The Hall–Kier alpha value is -4.59. The van der Waals surface area contributed by atoms with Crippen LogP contribution in [0, 0.1) is 0 Å². The molecule has 1 aliphatic rings. The van der Waals surface area contributed by atoms with E-state index in [1.54, 1.807) is 36.5 Å². The van der Waals surface area contributed by atoms with E-state index in [0.717, 1.165) is 40.2 Å². The quantitative estimate of drug-likeness (QED) is 0.446. The van der Waals surface area contributed by atoms with Gasteiger partial charge in [0.15, 0.2) is 0 Å². The van der Waals surface area contributed by atoms with Gasteiger partial charge >= 0.3 is 0 Å². The zero-order valence-corrected chi connectivity index (χ0v) is 19.2. The van der Waals surface area contributed by atoms with E-state index in [2.05, 4.69) is 25.6 Å². The average molecular weight is 465 g/mol. The number of fused-ring (bicyclic) bond motifs is 3. The van der Waals surface area contributed by atoms with E-state index in [4.69, 9.17) is 0 Å². The predicted molar refractivity (Wildman–Crippen MR) is 134 cm³/mol. The van der Waals surface area contributed by atoms with Crippen LogP contribution >= 0.6 is 0 Å². The van der Waals surface area contributed by atoms with Crippen molar-refractivity contribution in [1.29, 1.82) is 0 Å². The normalized spacial score (nSPS) is 12.1. The van der Waals surface area contributed by atoms with Crippen molar-refractivity contribution in [2.24, 2.45) is 0 Å². The third kappa shape index (κ3) is 5.01. The fourth-order valence-corrected chi connectivity index (χ4v) is 3.99. The van der Waals surface area contributed by atoms with Gasteiger partial charge < -0.3 is 15.5 Å². The first kappa shape index (κ1) is 22.2. The van der Waals surface area contributed by atoms with E-state index in [1.165, 1.54) is 0 Å². The number of pyridine rings is 1. The van der Waals surface area contributed by atoms with Crippen LogP contribution in [0.2, 0.25) is 0 Å². The molecule has 0 unspecified atom stereocenters. The Balaban J connectivity index is 1.28. The van der Waals surface area contributed by atoms with Crippen LogP contribution in [0.3, 0.4) is 0 Å². The lowest BCUT2D eigenvalue weighted by Crippen LogP contribution is -2.28. The highest BCUT2D eigenvalue weighted by Gasteiger charge is 2.20. The van der Waals surface area contributed by atoms with Crippen molar-refractivity contribution in [1.82, 2.24) is 19.9 Å². The highest BCUT2D eigenvalue weighted by molar-refractivity contribution is 6.00. The number of nitrogens with zero attached hydrogens (tertiary/aromatic N) is 4. The van der Waals surface area contributed by atoms with Gasteiger partial charge in [-0.25, -0.2) is 9.97 Å². The molecule has 0 fully saturated rings. The Bertz CT molecular complexity index is 1370. The minimum atomic E-state index is -0.0915. The second-order valence-corrected chi connectivity index (χ2v) is 8.38. The summed E-state index contributed by atoms with van der Waals surface area (Å²) in [5.74, 6) is 0.280. The summed E-state index contributed by atoms with van der Waals surface area (Å²) in [6.45, 7) is 0.603. The van der Waals surface area contributed by atoms with Crippen LogP contribution in [0.5, 0.6) is 0 Å². The third-order valence-electron chi connectivity index (χ3n) is 5.87. The largest absolute Gasteiger partial charge is 0.341 e. The fraction of sp³-hybridized carbons (Fsp3) is 0.148. The lowest BCUT2D eigenvalue weighted by Gasteiger charge is -2.17. The summed E-state index contributed by atoms with van der Waals surface area (Å²) in [4.78, 5) is 39.9. The first-order valence-electron chi connectivity index (χ1n) is 11.3. The summed E-state index contributed by atoms with van der Waals surface area (Å²) in [5.41, 5.74) is 5.54. The molecule has 0 radical (unpaired) electrons. The second kappa shape index (κ2) is 9.72. The SMILES string of the molecule is CN(CCc1cccnc1)C(=O)c1ccc(Nc2ncc3c(n2)-c2ccccc2NC(=O)C3)cc1. The molecule has 4 aromatic rings. The van der Waals surface area contributed by atoms with Gasteiger partial charge in [0.25, 0.3) is 5.91 Å². The lowest BCUT2D eigenvalue weighted by atomic mass is 10.1. The first-order valence-corrected chi connectivity index (χ1v) is 11.3. The molecule has 2 aromatic carbocycles. The maximum absolute atomic E-state index is 12.8. The molecule has 3 heterocycles. The van der Waals surface area contributed by atoms with Crippen LogP contribution in [0.25, 0.3) is 11.3 Å². The molecule has 0 saturated carbocycles. The topological polar surface area (TPSA) is 100 Å². The van der Waals surface area contributed by atoms with Crippen LogP contribution in [0.1, 0.15) is 21.5 Å². The fourth-order valence-electron chi connectivity index (χ4n) is 3.99. The number of nitrogens with one attached hydrogen (secondary N) is 2. The molecule has 2 N–H and O–H groups in total. The molecule has 174 valence electrons. The van der Waals surface area contributed by atoms with Crippen molar-refractivity contribution in [3.8, 4) is 11.3 Å². The number of hydrogen-bond donors (Lipinski definition) is 2. The number of rotatable bonds is 6. The van der Waals surface area contributed by atoms with Crippen LogP contribution < -0.4 is 10.6 Å². The maximum Gasteiger partial charge on any atom is 0.253 e. The summed E-state index contributed by atoms with van der Waals surface area (Å²) in [5, 5.41) is 6.12. The Morgan fingerprint density at radius 2 is 1.89 bits per heavy atom.